The minimum absolute atomic E-state index is 0.194. The smallest absolute Gasteiger partial charge is 0.273 e. The Balaban J connectivity index is 1.65. The van der Waals surface area contributed by atoms with Crippen molar-refractivity contribution in [1.82, 2.24) is 5.32 Å². The minimum atomic E-state index is -0.331. The van der Waals surface area contributed by atoms with Crippen molar-refractivity contribution in [3.8, 4) is 0 Å². The summed E-state index contributed by atoms with van der Waals surface area (Å²) in [4.78, 5) is 22.6. The van der Waals surface area contributed by atoms with Crippen molar-refractivity contribution in [1.29, 1.82) is 0 Å². The number of nitrogens with zero attached hydrogens (tertiary/aromatic N) is 2. The second-order valence-electron chi connectivity index (χ2n) is 6.87. The normalized spacial score (nSPS) is 18.9. The minimum Gasteiger partial charge on any atom is -0.398 e. The maximum Gasteiger partial charge on any atom is 0.273 e. The molecule has 0 saturated heterocycles. The van der Waals surface area contributed by atoms with Crippen LogP contribution in [0.5, 0.6) is 0 Å². The maximum absolute atomic E-state index is 12.1. The SMILES string of the molecule is CNC(=O)/C(=N\OC)c1ccccc1CO/N=C(\C)C1CC1c1ccc(Cl)cc1. The van der Waals surface area contributed by atoms with E-state index in [4.69, 9.17) is 21.3 Å². The lowest BCUT2D eigenvalue weighted by molar-refractivity contribution is -0.114. The molecule has 0 aliphatic heterocycles. The van der Waals surface area contributed by atoms with Crippen LogP contribution in [0.25, 0.3) is 0 Å². The number of benzene rings is 2. The number of nitrogens with one attached hydrogen (secondary N) is 1. The van der Waals surface area contributed by atoms with E-state index in [0.717, 1.165) is 22.7 Å². The van der Waals surface area contributed by atoms with Crippen LogP contribution in [0.2, 0.25) is 5.02 Å². The van der Waals surface area contributed by atoms with E-state index in [1.165, 1.54) is 12.7 Å². The third kappa shape index (κ3) is 5.15. The number of hydrogen-bond donors (Lipinski definition) is 1. The van der Waals surface area contributed by atoms with Crippen molar-refractivity contribution >= 4 is 28.9 Å². The van der Waals surface area contributed by atoms with Gasteiger partial charge in [-0.05, 0) is 37.0 Å². The highest BCUT2D eigenvalue weighted by atomic mass is 35.5. The van der Waals surface area contributed by atoms with Gasteiger partial charge in [0.05, 0.1) is 5.71 Å². The average molecular weight is 414 g/mol. The van der Waals surface area contributed by atoms with Gasteiger partial charge in [-0.1, -0.05) is 58.3 Å². The molecule has 0 radical (unpaired) electrons. The molecule has 1 N–H and O–H groups in total. The zero-order chi connectivity index (χ0) is 20.8. The molecule has 0 aromatic heterocycles. The molecular formula is C22H24ClN3O3. The van der Waals surface area contributed by atoms with Crippen LogP contribution in [0.4, 0.5) is 0 Å². The van der Waals surface area contributed by atoms with E-state index in [0.29, 0.717) is 17.4 Å². The average Bonchev–Trinajstić information content (AvgIpc) is 3.53. The van der Waals surface area contributed by atoms with Crippen LogP contribution in [-0.4, -0.2) is 31.5 Å². The number of likely N-dealkylation sites (N-methyl/N-ethyl adjacent to an activating group) is 1. The fourth-order valence-electron chi connectivity index (χ4n) is 3.31. The van der Waals surface area contributed by atoms with Crippen molar-refractivity contribution in [3.63, 3.8) is 0 Å². The highest BCUT2D eigenvalue weighted by Gasteiger charge is 2.40. The number of oxime groups is 2. The van der Waals surface area contributed by atoms with Crippen LogP contribution in [0.15, 0.2) is 58.8 Å². The van der Waals surface area contributed by atoms with Gasteiger partial charge in [-0.15, -0.1) is 0 Å². The van der Waals surface area contributed by atoms with E-state index < -0.39 is 0 Å². The van der Waals surface area contributed by atoms with Gasteiger partial charge in [0.2, 0.25) is 0 Å². The maximum atomic E-state index is 12.1. The Morgan fingerprint density at radius 2 is 1.90 bits per heavy atom. The highest BCUT2D eigenvalue weighted by molar-refractivity contribution is 6.45. The largest absolute Gasteiger partial charge is 0.398 e. The summed E-state index contributed by atoms with van der Waals surface area (Å²) in [6.07, 6.45) is 1.05. The molecule has 29 heavy (non-hydrogen) atoms. The summed E-state index contributed by atoms with van der Waals surface area (Å²) < 4.78 is 0. The first kappa shape index (κ1) is 20.9. The predicted octanol–water partition coefficient (Wildman–Crippen LogP) is 4.13. The molecule has 2 unspecified atom stereocenters. The Labute approximate surface area is 175 Å². The third-order valence-corrected chi connectivity index (χ3v) is 5.20. The number of rotatable bonds is 8. The Morgan fingerprint density at radius 3 is 2.59 bits per heavy atom. The monoisotopic (exact) mass is 413 g/mol. The molecule has 1 aliphatic rings. The van der Waals surface area contributed by atoms with Gasteiger partial charge in [0, 0.05) is 29.1 Å². The molecule has 7 heteroatoms. The standard InChI is InChI=1S/C22H24ClN3O3/c1-14(19-12-20(19)15-8-10-17(23)11-9-15)25-29-13-16-6-4-5-7-18(16)21(26-28-3)22(27)24-2/h4-11,19-20H,12-13H2,1-3H3,(H,24,27)/b25-14+,26-21-. The Morgan fingerprint density at radius 1 is 1.17 bits per heavy atom. The fraction of sp³-hybridized carbons (Fsp3) is 0.318. The topological polar surface area (TPSA) is 72.3 Å². The lowest BCUT2D eigenvalue weighted by Gasteiger charge is -2.10. The lowest BCUT2D eigenvalue weighted by Crippen LogP contribution is -2.29. The molecule has 0 bridgehead atoms. The van der Waals surface area contributed by atoms with Gasteiger partial charge in [0.25, 0.3) is 5.91 Å². The van der Waals surface area contributed by atoms with Crippen LogP contribution >= 0.6 is 11.6 Å². The molecule has 0 spiro atoms. The van der Waals surface area contributed by atoms with Crippen molar-refractivity contribution in [2.75, 3.05) is 14.2 Å². The van der Waals surface area contributed by atoms with E-state index in [1.807, 2.05) is 37.3 Å². The summed E-state index contributed by atoms with van der Waals surface area (Å²) in [5, 5.41) is 11.5. The van der Waals surface area contributed by atoms with E-state index in [-0.39, 0.29) is 18.2 Å². The van der Waals surface area contributed by atoms with E-state index in [1.54, 1.807) is 13.1 Å². The number of carbonyl (C=O) groups is 1. The van der Waals surface area contributed by atoms with Crippen LogP contribution in [0, 0.1) is 5.92 Å². The third-order valence-electron chi connectivity index (χ3n) is 4.95. The van der Waals surface area contributed by atoms with Gasteiger partial charge in [0.15, 0.2) is 5.71 Å². The molecule has 1 fully saturated rings. The van der Waals surface area contributed by atoms with Gasteiger partial charge in [0.1, 0.15) is 13.7 Å². The zero-order valence-corrected chi connectivity index (χ0v) is 17.4. The Bertz CT molecular complexity index is 925. The van der Waals surface area contributed by atoms with Gasteiger partial charge in [-0.2, -0.15) is 0 Å². The summed E-state index contributed by atoms with van der Waals surface area (Å²) >= 11 is 5.96. The number of hydrogen-bond acceptors (Lipinski definition) is 5. The lowest BCUT2D eigenvalue weighted by atomic mass is 10.0. The molecular weight excluding hydrogens is 390 g/mol. The first-order valence-corrected chi connectivity index (χ1v) is 9.76. The Kier molecular flexibility index (Phi) is 6.88. The van der Waals surface area contributed by atoms with Crippen LogP contribution in [0.1, 0.15) is 36.0 Å². The molecule has 152 valence electrons. The molecule has 6 nitrogen and oxygen atoms in total. The predicted molar refractivity (Wildman–Crippen MR) is 114 cm³/mol. The molecule has 2 atom stereocenters. The van der Waals surface area contributed by atoms with E-state index in [9.17, 15) is 4.79 Å². The quantitative estimate of drug-likeness (QED) is 0.522. The Hall–Kier alpha value is -2.86. The van der Waals surface area contributed by atoms with Crippen LogP contribution in [0.3, 0.4) is 0 Å². The van der Waals surface area contributed by atoms with Crippen molar-refractivity contribution in [3.05, 3.63) is 70.2 Å². The van der Waals surface area contributed by atoms with Gasteiger partial charge in [-0.3, -0.25) is 4.79 Å². The highest BCUT2D eigenvalue weighted by Crippen LogP contribution is 2.48. The summed E-state index contributed by atoms with van der Waals surface area (Å²) in [5.74, 6) is 0.506. The van der Waals surface area contributed by atoms with Gasteiger partial charge in [-0.25, -0.2) is 0 Å². The van der Waals surface area contributed by atoms with Crippen LogP contribution < -0.4 is 5.32 Å². The van der Waals surface area contributed by atoms with Crippen molar-refractivity contribution in [2.24, 2.45) is 16.2 Å². The summed E-state index contributed by atoms with van der Waals surface area (Å²) in [7, 11) is 2.95. The molecule has 1 amide bonds. The number of amides is 1. The molecule has 2 aromatic rings. The van der Waals surface area contributed by atoms with E-state index >= 15 is 0 Å². The number of halogens is 1. The second-order valence-corrected chi connectivity index (χ2v) is 7.30. The van der Waals surface area contributed by atoms with Crippen LogP contribution in [-0.2, 0) is 21.1 Å². The summed E-state index contributed by atoms with van der Waals surface area (Å²) in [6, 6.07) is 15.4. The fourth-order valence-corrected chi connectivity index (χ4v) is 3.43. The molecule has 0 heterocycles. The second kappa shape index (κ2) is 9.56. The molecule has 1 saturated carbocycles. The first-order valence-electron chi connectivity index (χ1n) is 9.38. The first-order chi connectivity index (χ1) is 14.0. The van der Waals surface area contributed by atoms with Gasteiger partial charge >= 0.3 is 0 Å². The molecule has 3 rings (SSSR count). The number of carbonyl (C=O) groups excluding carboxylic acids is 1. The summed E-state index contributed by atoms with van der Waals surface area (Å²) in [5.41, 5.74) is 3.87. The van der Waals surface area contributed by atoms with Crippen molar-refractivity contribution in [2.45, 2.75) is 25.9 Å². The van der Waals surface area contributed by atoms with Crippen molar-refractivity contribution < 1.29 is 14.5 Å². The summed E-state index contributed by atoms with van der Waals surface area (Å²) in [6.45, 7) is 2.21. The van der Waals surface area contributed by atoms with E-state index in [2.05, 4.69) is 27.8 Å². The zero-order valence-electron chi connectivity index (χ0n) is 16.7. The van der Waals surface area contributed by atoms with Gasteiger partial charge < -0.3 is 15.0 Å². The molecule has 2 aromatic carbocycles. The molecule has 1 aliphatic carbocycles.